The molecule has 7 nitrogen and oxygen atoms in total. The number of piperidine rings is 1. The molecule has 0 aromatic heterocycles. The minimum Gasteiger partial charge on any atom is -0.478 e. The lowest BCUT2D eigenvalue weighted by Crippen LogP contribution is -2.42. The molecule has 1 aliphatic heterocycles. The van der Waals surface area contributed by atoms with Crippen molar-refractivity contribution in [1.82, 2.24) is 10.3 Å². The van der Waals surface area contributed by atoms with Crippen LogP contribution in [0.1, 0.15) is 39.1 Å². The minimum absolute atomic E-state index is 0.178. The number of hydrazone groups is 1. The first-order valence-electron chi connectivity index (χ1n) is 9.26. The van der Waals surface area contributed by atoms with Gasteiger partial charge in [-0.25, -0.2) is 10.2 Å². The molecule has 0 spiro atoms. The fraction of sp³-hybridized carbons (Fsp3) is 0.238. The number of likely N-dealkylation sites (tertiary alicyclic amines) is 1. The Morgan fingerprint density at radius 2 is 1.73 bits per heavy atom. The van der Waals surface area contributed by atoms with E-state index < -0.39 is 5.97 Å². The Kier molecular flexibility index (Phi) is 7.07. The van der Waals surface area contributed by atoms with Crippen molar-refractivity contribution in [2.45, 2.75) is 12.8 Å². The molecule has 2 amide bonds. The maximum atomic E-state index is 12.6. The summed E-state index contributed by atoms with van der Waals surface area (Å²) in [5.41, 5.74) is 3.74. The normalized spacial score (nSPS) is 14.7. The minimum atomic E-state index is -1.00. The van der Waals surface area contributed by atoms with E-state index in [1.807, 2.05) is 0 Å². The van der Waals surface area contributed by atoms with Gasteiger partial charge in [-0.2, -0.15) is 5.10 Å². The van der Waals surface area contributed by atoms with Crippen LogP contribution in [0.3, 0.4) is 0 Å². The van der Waals surface area contributed by atoms with Crippen molar-refractivity contribution in [3.8, 4) is 0 Å². The first-order chi connectivity index (χ1) is 14.3. The molecule has 0 bridgehead atoms. The van der Waals surface area contributed by atoms with Crippen molar-refractivity contribution in [3.63, 3.8) is 0 Å². The van der Waals surface area contributed by atoms with Crippen LogP contribution in [0, 0.1) is 5.92 Å². The molecule has 0 saturated carbocycles. The quantitative estimate of drug-likeness (QED) is 0.538. The summed E-state index contributed by atoms with van der Waals surface area (Å²) in [6, 6.07) is 10.9. The summed E-state index contributed by atoms with van der Waals surface area (Å²) < 4.78 is 0. The third-order valence-electron chi connectivity index (χ3n) is 4.86. The zero-order chi connectivity index (χ0) is 21.7. The molecule has 2 aromatic carbocycles. The second kappa shape index (κ2) is 9.73. The number of rotatable bonds is 5. The third kappa shape index (κ3) is 5.37. The van der Waals surface area contributed by atoms with E-state index in [4.69, 9.17) is 28.3 Å². The smallest absolute Gasteiger partial charge is 0.335 e. The molecular weight excluding hydrogens is 429 g/mol. The number of nitrogens with zero attached hydrogens (tertiary/aromatic N) is 2. The summed E-state index contributed by atoms with van der Waals surface area (Å²) in [5.74, 6) is -1.65. The van der Waals surface area contributed by atoms with Crippen LogP contribution in [-0.4, -0.2) is 47.1 Å². The Bertz CT molecular complexity index is 984. The van der Waals surface area contributed by atoms with Crippen molar-refractivity contribution in [2.24, 2.45) is 11.0 Å². The summed E-state index contributed by atoms with van der Waals surface area (Å²) in [5, 5.41) is 13.6. The Balaban J connectivity index is 1.50. The molecule has 1 fully saturated rings. The van der Waals surface area contributed by atoms with E-state index in [1.165, 1.54) is 24.4 Å². The average Bonchev–Trinajstić information content (AvgIpc) is 2.73. The zero-order valence-corrected chi connectivity index (χ0v) is 17.4. The second-order valence-electron chi connectivity index (χ2n) is 6.85. The number of carbonyl (C=O) groups excluding carboxylic acids is 2. The SMILES string of the molecule is O=C(O)c1ccc(/C=N\NC(=O)C2CCN(C(=O)c3ccc(Cl)cc3Cl)CC2)cc1. The molecular formula is C21H19Cl2N3O4. The van der Waals surface area contributed by atoms with Crippen LogP contribution in [0.5, 0.6) is 0 Å². The average molecular weight is 448 g/mol. The summed E-state index contributed by atoms with van der Waals surface area (Å²) >= 11 is 12.0. The number of carbonyl (C=O) groups is 3. The number of hydrogen-bond acceptors (Lipinski definition) is 4. The third-order valence-corrected chi connectivity index (χ3v) is 5.41. The van der Waals surface area contributed by atoms with Crippen molar-refractivity contribution >= 4 is 47.2 Å². The van der Waals surface area contributed by atoms with Crippen molar-refractivity contribution < 1.29 is 19.5 Å². The van der Waals surface area contributed by atoms with Crippen LogP contribution in [0.2, 0.25) is 10.0 Å². The lowest BCUT2D eigenvalue weighted by Gasteiger charge is -2.31. The Labute approximate surface area is 183 Å². The van der Waals surface area contributed by atoms with Crippen molar-refractivity contribution in [1.29, 1.82) is 0 Å². The standard InChI is InChI=1S/C21H19Cl2N3O4/c22-16-5-6-17(18(23)11-16)20(28)26-9-7-14(8-10-26)19(27)25-24-12-13-1-3-15(4-2-13)21(29)30/h1-6,11-12,14H,7-10H2,(H,25,27)(H,29,30)/b24-12-. The molecule has 1 saturated heterocycles. The highest BCUT2D eigenvalue weighted by molar-refractivity contribution is 6.36. The fourth-order valence-corrected chi connectivity index (χ4v) is 3.64. The van der Waals surface area contributed by atoms with E-state index in [0.717, 1.165) is 0 Å². The first-order valence-corrected chi connectivity index (χ1v) is 10.0. The summed E-state index contributed by atoms with van der Waals surface area (Å²) in [6.45, 7) is 0.881. The molecule has 2 N–H and O–H groups in total. The number of aromatic carboxylic acids is 1. The number of carboxylic acids is 1. The van der Waals surface area contributed by atoms with Crippen molar-refractivity contribution in [2.75, 3.05) is 13.1 Å². The largest absolute Gasteiger partial charge is 0.478 e. The van der Waals surface area contributed by atoms with Gasteiger partial charge in [-0.3, -0.25) is 9.59 Å². The van der Waals surface area contributed by atoms with E-state index in [-0.39, 0.29) is 23.3 Å². The molecule has 3 rings (SSSR count). The highest BCUT2D eigenvalue weighted by Crippen LogP contribution is 2.25. The van der Waals surface area contributed by atoms with Gasteiger partial charge in [-0.15, -0.1) is 0 Å². The van der Waals surface area contributed by atoms with Gasteiger partial charge >= 0.3 is 5.97 Å². The Morgan fingerprint density at radius 1 is 1.07 bits per heavy atom. The predicted molar refractivity (Wildman–Crippen MR) is 114 cm³/mol. The number of benzene rings is 2. The van der Waals surface area contributed by atoms with Gasteiger partial charge in [0, 0.05) is 24.0 Å². The summed E-state index contributed by atoms with van der Waals surface area (Å²) in [4.78, 5) is 37.5. The number of carboxylic acid groups (broad SMARTS) is 1. The van der Waals surface area contributed by atoms with Crippen molar-refractivity contribution in [3.05, 3.63) is 69.2 Å². The zero-order valence-electron chi connectivity index (χ0n) is 15.8. The molecule has 2 aromatic rings. The molecule has 0 aliphatic carbocycles. The number of halogens is 2. The topological polar surface area (TPSA) is 99.1 Å². The molecule has 9 heteroatoms. The van der Waals surface area contributed by atoms with Crippen LogP contribution in [0.4, 0.5) is 0 Å². The maximum Gasteiger partial charge on any atom is 0.335 e. The van der Waals surface area contributed by atoms with Gasteiger partial charge in [0.25, 0.3) is 5.91 Å². The molecule has 1 aliphatic rings. The predicted octanol–water partition coefficient (Wildman–Crippen LogP) is 3.69. The van der Waals surface area contributed by atoms with E-state index in [9.17, 15) is 14.4 Å². The molecule has 0 unspecified atom stereocenters. The highest BCUT2D eigenvalue weighted by atomic mass is 35.5. The molecule has 0 atom stereocenters. The van der Waals surface area contributed by atoms with E-state index in [0.29, 0.717) is 47.1 Å². The van der Waals surface area contributed by atoms with E-state index >= 15 is 0 Å². The van der Waals surface area contributed by atoms with Gasteiger partial charge in [0.1, 0.15) is 0 Å². The fourth-order valence-electron chi connectivity index (χ4n) is 3.15. The second-order valence-corrected chi connectivity index (χ2v) is 7.70. The maximum absolute atomic E-state index is 12.6. The van der Waals surface area contributed by atoms with Gasteiger partial charge < -0.3 is 10.0 Å². The molecule has 1 heterocycles. The molecule has 0 radical (unpaired) electrons. The van der Waals surface area contributed by atoms with Gasteiger partial charge in [0.05, 0.1) is 22.4 Å². The van der Waals surface area contributed by atoms with Crippen LogP contribution in [0.25, 0.3) is 0 Å². The van der Waals surface area contributed by atoms with E-state index in [1.54, 1.807) is 29.2 Å². The van der Waals surface area contributed by atoms with Crippen LogP contribution < -0.4 is 5.43 Å². The number of amides is 2. The molecule has 30 heavy (non-hydrogen) atoms. The summed E-state index contributed by atoms with van der Waals surface area (Å²) in [6.07, 6.45) is 2.49. The van der Waals surface area contributed by atoms with Gasteiger partial charge in [0.2, 0.25) is 5.91 Å². The van der Waals surface area contributed by atoms with E-state index in [2.05, 4.69) is 10.5 Å². The Morgan fingerprint density at radius 3 is 2.33 bits per heavy atom. The van der Waals surface area contributed by atoms with Gasteiger partial charge in [-0.05, 0) is 48.7 Å². The van der Waals surface area contributed by atoms with Gasteiger partial charge in [-0.1, -0.05) is 35.3 Å². The van der Waals surface area contributed by atoms with Crippen LogP contribution in [0.15, 0.2) is 47.6 Å². The van der Waals surface area contributed by atoms with Gasteiger partial charge in [0.15, 0.2) is 0 Å². The Hall–Kier alpha value is -2.90. The lowest BCUT2D eigenvalue weighted by molar-refractivity contribution is -0.126. The van der Waals surface area contributed by atoms with Crippen LogP contribution in [-0.2, 0) is 4.79 Å². The monoisotopic (exact) mass is 447 g/mol. The highest BCUT2D eigenvalue weighted by Gasteiger charge is 2.28. The van der Waals surface area contributed by atoms with Crippen LogP contribution >= 0.6 is 23.2 Å². The lowest BCUT2D eigenvalue weighted by atomic mass is 9.95. The number of nitrogens with one attached hydrogen (secondary N) is 1. The summed E-state index contributed by atoms with van der Waals surface area (Å²) in [7, 11) is 0. The molecule has 156 valence electrons. The first kappa shape index (κ1) is 21.8. The number of hydrogen-bond donors (Lipinski definition) is 2.